The summed E-state index contributed by atoms with van der Waals surface area (Å²) in [4.78, 5) is 8.37. The molecule has 2 aromatic rings. The molecule has 0 saturated carbocycles. The van der Waals surface area contributed by atoms with E-state index in [2.05, 4.69) is 9.97 Å². The summed E-state index contributed by atoms with van der Waals surface area (Å²) in [5.41, 5.74) is 1.83. The Morgan fingerprint density at radius 3 is 0.852 bits per heavy atom. The number of aromatic nitrogens is 2. The van der Waals surface area contributed by atoms with Crippen molar-refractivity contribution in [2.24, 2.45) is 0 Å². The van der Waals surface area contributed by atoms with Gasteiger partial charge in [0.1, 0.15) is 0 Å². The van der Waals surface area contributed by atoms with Gasteiger partial charge in [-0.15, -0.1) is 0 Å². The van der Waals surface area contributed by atoms with Crippen LogP contribution >= 0.6 is 15.6 Å². The molecule has 0 aliphatic carbocycles. The van der Waals surface area contributed by atoms with E-state index in [1.165, 1.54) is 0 Å². The molecule has 0 aliphatic rings. The van der Waals surface area contributed by atoms with Crippen LogP contribution in [0.4, 0.5) is 50.4 Å². The normalized spacial score (nSPS) is 16.3. The van der Waals surface area contributed by atoms with Gasteiger partial charge >= 0.3 is 85.5 Å². The molecule has 0 unspecified atom stereocenters. The average molecular weight is 547 g/mol. The molecule has 0 atom stereocenters. The molecule has 0 N–H and O–H groups in total. The van der Waals surface area contributed by atoms with Crippen molar-refractivity contribution in [3.05, 3.63) is 48.8 Å². The zero-order chi connectivity index (χ0) is 21.0. The van der Waals surface area contributed by atoms with Crippen molar-refractivity contribution in [1.82, 2.24) is 9.97 Å². The van der Waals surface area contributed by atoms with Gasteiger partial charge in [-0.3, -0.25) is 9.97 Å². The van der Waals surface area contributed by atoms with Crippen LogP contribution in [0.25, 0.3) is 11.4 Å². The number of pyridine rings is 2. The van der Waals surface area contributed by atoms with Crippen molar-refractivity contribution in [2.75, 3.05) is 0 Å². The van der Waals surface area contributed by atoms with E-state index >= 15 is 0 Å². The zero-order valence-corrected chi connectivity index (χ0v) is 15.8. The summed E-state index contributed by atoms with van der Waals surface area (Å²) in [6.07, 6.45) is 3.54. The van der Waals surface area contributed by atoms with Crippen LogP contribution in [0.3, 0.4) is 0 Å². The Balaban J connectivity index is 0. The summed E-state index contributed by atoms with van der Waals surface area (Å²) in [6.45, 7) is 0. The molecule has 160 valence electrons. The molecule has 0 bridgehead atoms. The molecule has 0 aromatic carbocycles. The molecule has 0 spiro atoms. The van der Waals surface area contributed by atoms with E-state index in [0.717, 1.165) is 11.4 Å². The first-order valence-corrected chi connectivity index (χ1v) is 9.88. The van der Waals surface area contributed by atoms with Crippen molar-refractivity contribution in [1.29, 1.82) is 0 Å². The van der Waals surface area contributed by atoms with Gasteiger partial charge in [0, 0.05) is 12.4 Å². The second kappa shape index (κ2) is 7.08. The van der Waals surface area contributed by atoms with E-state index in [9.17, 15) is 50.4 Å². The van der Waals surface area contributed by atoms with E-state index in [1.807, 2.05) is 36.4 Å². The molecular weight excluding hydrogens is 539 g/mol. The van der Waals surface area contributed by atoms with Gasteiger partial charge in [0.25, 0.3) is 0 Å². The van der Waals surface area contributed by atoms with Gasteiger partial charge < -0.3 is 0 Å². The van der Waals surface area contributed by atoms with E-state index < -0.39 is 15.6 Å². The number of rotatable bonds is 1. The first-order chi connectivity index (χ1) is 10.9. The van der Waals surface area contributed by atoms with Crippen molar-refractivity contribution in [3.63, 3.8) is 0 Å². The Morgan fingerprint density at radius 1 is 0.481 bits per heavy atom. The predicted octanol–water partition coefficient (Wildman–Crippen LogP) is 8.91. The molecule has 0 radical (unpaired) electrons. The Hall–Kier alpha value is -1.06. The summed E-state index contributed by atoms with van der Waals surface area (Å²) < 4.78 is 118. The van der Waals surface area contributed by atoms with Gasteiger partial charge in [0.2, 0.25) is 0 Å². The Bertz CT molecular complexity index is 627. The molecule has 17 heteroatoms. The van der Waals surface area contributed by atoms with Crippen LogP contribution in [0.2, 0.25) is 0 Å². The summed E-state index contributed by atoms with van der Waals surface area (Å²) in [5.74, 6) is 0. The third-order valence-corrected chi connectivity index (χ3v) is 1.59. The fraction of sp³-hybridized carbons (Fsp3) is 0. The van der Waals surface area contributed by atoms with Gasteiger partial charge in [-0.2, -0.15) is 0 Å². The summed E-state index contributed by atoms with van der Waals surface area (Å²) in [7, 11) is -21.3. The van der Waals surface area contributed by atoms with Crippen LogP contribution in [-0.4, -0.2) is 9.97 Å². The third kappa shape index (κ3) is 36.6. The molecule has 0 saturated heterocycles. The number of hydrogen-bond acceptors (Lipinski definition) is 2. The second-order valence-electron chi connectivity index (χ2n) is 4.35. The minimum absolute atomic E-state index is 0. The molecule has 2 aromatic heterocycles. The van der Waals surface area contributed by atoms with Crippen LogP contribution in [0, 0.1) is 0 Å². The first-order valence-electron chi connectivity index (χ1n) is 5.82. The van der Waals surface area contributed by atoms with E-state index in [0.29, 0.717) is 0 Å². The second-order valence-corrected chi connectivity index (χ2v) is 8.18. The smallest absolute Gasteiger partial charge is 0.255 e. The minimum atomic E-state index is -10.7. The van der Waals surface area contributed by atoms with Crippen molar-refractivity contribution >= 4 is 15.6 Å². The summed E-state index contributed by atoms with van der Waals surface area (Å²) >= 11 is 0. The Kier molecular flexibility index (Phi) is 7.38. The number of nitrogens with zero attached hydrogens (tertiary/aromatic N) is 2. The maximum atomic E-state index is 9.87. The topological polar surface area (TPSA) is 25.8 Å². The molecule has 0 fully saturated rings. The fourth-order valence-corrected chi connectivity index (χ4v) is 1.03. The SMILES string of the molecule is F[P-](F)(F)(F)(F)F.F[P-](F)(F)(F)(F)F.[Ru+2].c1ccc(-c2ccccn2)nc1. The van der Waals surface area contributed by atoms with Gasteiger partial charge in [-0.05, 0) is 24.3 Å². The monoisotopic (exact) mass is 548 g/mol. The van der Waals surface area contributed by atoms with Crippen LogP contribution in [0.15, 0.2) is 48.8 Å². The standard InChI is InChI=1S/C10H8N2.2F6P.Ru/c1-3-7-11-9(5-1)10-6-2-4-8-12-10;2*1-7(2,3,4,5)6;/h1-8H;;;/q;2*-1;+2. The van der Waals surface area contributed by atoms with Crippen LogP contribution in [0.1, 0.15) is 0 Å². The van der Waals surface area contributed by atoms with E-state index in [4.69, 9.17) is 0 Å². The number of hydrogen-bond donors (Lipinski definition) is 0. The molecule has 2 nitrogen and oxygen atoms in total. The maximum Gasteiger partial charge on any atom is 2.00 e. The molecule has 2 rings (SSSR count). The Morgan fingerprint density at radius 2 is 0.704 bits per heavy atom. The molecular formula is C10H8F12N2P2Ru. The average Bonchev–Trinajstić information content (AvgIpc) is 2.33. The molecule has 0 amide bonds. The van der Waals surface area contributed by atoms with E-state index in [1.54, 1.807) is 12.4 Å². The minimum Gasteiger partial charge on any atom is -0.255 e. The Labute approximate surface area is 156 Å². The first kappa shape index (κ1) is 28.2. The van der Waals surface area contributed by atoms with Crippen molar-refractivity contribution in [3.8, 4) is 11.4 Å². The van der Waals surface area contributed by atoms with Gasteiger partial charge in [0.05, 0.1) is 11.4 Å². The van der Waals surface area contributed by atoms with Gasteiger partial charge in [0.15, 0.2) is 0 Å². The zero-order valence-electron chi connectivity index (χ0n) is 12.3. The predicted molar refractivity (Wildman–Crippen MR) is 74.6 cm³/mol. The maximum absolute atomic E-state index is 10.7. The summed E-state index contributed by atoms with van der Waals surface area (Å²) in [6, 6.07) is 11.6. The van der Waals surface area contributed by atoms with Crippen molar-refractivity contribution in [2.45, 2.75) is 0 Å². The quantitative estimate of drug-likeness (QED) is 0.203. The third-order valence-electron chi connectivity index (χ3n) is 1.59. The molecule has 2 heterocycles. The summed E-state index contributed by atoms with van der Waals surface area (Å²) in [5, 5.41) is 0. The largest absolute Gasteiger partial charge is 2.00 e. The van der Waals surface area contributed by atoms with E-state index in [-0.39, 0.29) is 19.5 Å². The van der Waals surface area contributed by atoms with Gasteiger partial charge in [-0.25, -0.2) is 0 Å². The van der Waals surface area contributed by atoms with Gasteiger partial charge in [-0.1, -0.05) is 12.1 Å². The van der Waals surface area contributed by atoms with Crippen molar-refractivity contribution < 1.29 is 69.8 Å². The van der Waals surface area contributed by atoms with Crippen LogP contribution in [-0.2, 0) is 19.5 Å². The molecule has 0 aliphatic heterocycles. The van der Waals surface area contributed by atoms with Crippen LogP contribution < -0.4 is 0 Å². The van der Waals surface area contributed by atoms with Crippen LogP contribution in [0.5, 0.6) is 0 Å². The fourth-order valence-electron chi connectivity index (χ4n) is 1.03. The molecule has 27 heavy (non-hydrogen) atoms. The number of halogens is 12.